The Bertz CT molecular complexity index is 547. The SMILES string of the molecule is CCn1nc(C)c(N)c1NCc1ccc(OC)nc1. The van der Waals surface area contributed by atoms with Crippen molar-refractivity contribution in [2.75, 3.05) is 18.2 Å². The highest BCUT2D eigenvalue weighted by molar-refractivity contribution is 5.64. The summed E-state index contributed by atoms with van der Waals surface area (Å²) in [6.07, 6.45) is 1.78. The molecule has 0 aromatic carbocycles. The molecule has 0 aliphatic heterocycles. The van der Waals surface area contributed by atoms with E-state index in [1.54, 1.807) is 13.3 Å². The second-order valence-electron chi connectivity index (χ2n) is 4.23. The molecule has 0 saturated heterocycles. The first kappa shape index (κ1) is 13.2. The Balaban J connectivity index is 2.09. The molecule has 0 unspecified atom stereocenters. The van der Waals surface area contributed by atoms with Crippen molar-refractivity contribution in [1.29, 1.82) is 0 Å². The zero-order chi connectivity index (χ0) is 13.8. The lowest BCUT2D eigenvalue weighted by atomic mass is 10.3. The summed E-state index contributed by atoms with van der Waals surface area (Å²) in [6.45, 7) is 5.36. The van der Waals surface area contributed by atoms with Crippen LogP contribution in [0.3, 0.4) is 0 Å². The highest BCUT2D eigenvalue weighted by Crippen LogP contribution is 2.22. The van der Waals surface area contributed by atoms with Gasteiger partial charge in [-0.05, 0) is 19.4 Å². The van der Waals surface area contributed by atoms with Crippen LogP contribution in [0.1, 0.15) is 18.2 Å². The van der Waals surface area contributed by atoms with E-state index in [9.17, 15) is 0 Å². The topological polar surface area (TPSA) is 78.0 Å². The second-order valence-corrected chi connectivity index (χ2v) is 4.23. The molecule has 19 heavy (non-hydrogen) atoms. The summed E-state index contributed by atoms with van der Waals surface area (Å²) in [6, 6.07) is 3.80. The van der Waals surface area contributed by atoms with Crippen LogP contribution < -0.4 is 15.8 Å². The van der Waals surface area contributed by atoms with Crippen molar-refractivity contribution >= 4 is 11.5 Å². The Labute approximate surface area is 112 Å². The molecule has 0 aliphatic rings. The van der Waals surface area contributed by atoms with Crippen LogP contribution in [0.15, 0.2) is 18.3 Å². The van der Waals surface area contributed by atoms with Crippen molar-refractivity contribution in [3.63, 3.8) is 0 Å². The summed E-state index contributed by atoms with van der Waals surface area (Å²) in [5, 5.41) is 7.66. The third kappa shape index (κ3) is 2.78. The van der Waals surface area contributed by atoms with Crippen molar-refractivity contribution in [3.05, 3.63) is 29.6 Å². The van der Waals surface area contributed by atoms with E-state index in [1.807, 2.05) is 30.7 Å². The highest BCUT2D eigenvalue weighted by atomic mass is 16.5. The Morgan fingerprint density at radius 3 is 2.79 bits per heavy atom. The predicted octanol–water partition coefficient (Wildman–Crippen LogP) is 1.81. The van der Waals surface area contributed by atoms with E-state index in [2.05, 4.69) is 15.4 Å². The lowest BCUT2D eigenvalue weighted by Gasteiger charge is -2.09. The van der Waals surface area contributed by atoms with Gasteiger partial charge in [-0.15, -0.1) is 0 Å². The number of nitrogens with one attached hydrogen (secondary N) is 1. The zero-order valence-electron chi connectivity index (χ0n) is 11.5. The molecule has 2 rings (SSSR count). The van der Waals surface area contributed by atoms with Gasteiger partial charge in [-0.2, -0.15) is 5.10 Å². The van der Waals surface area contributed by atoms with E-state index >= 15 is 0 Å². The van der Waals surface area contributed by atoms with Crippen molar-refractivity contribution < 1.29 is 4.74 Å². The molecule has 0 aliphatic carbocycles. The molecule has 0 spiro atoms. The minimum atomic E-state index is 0.609. The fraction of sp³-hybridized carbons (Fsp3) is 0.385. The number of methoxy groups -OCH3 is 1. The quantitative estimate of drug-likeness (QED) is 0.858. The van der Waals surface area contributed by atoms with E-state index in [1.165, 1.54) is 0 Å². The summed E-state index contributed by atoms with van der Waals surface area (Å²) < 4.78 is 6.89. The lowest BCUT2D eigenvalue weighted by Crippen LogP contribution is -2.08. The number of rotatable bonds is 5. The smallest absolute Gasteiger partial charge is 0.212 e. The molecule has 0 amide bonds. The van der Waals surface area contributed by atoms with Crippen LogP contribution in [0.4, 0.5) is 11.5 Å². The summed E-state index contributed by atoms with van der Waals surface area (Å²) in [5.74, 6) is 1.47. The number of pyridine rings is 1. The molecule has 6 nitrogen and oxygen atoms in total. The lowest BCUT2D eigenvalue weighted by molar-refractivity contribution is 0.397. The minimum Gasteiger partial charge on any atom is -0.481 e. The fourth-order valence-electron chi connectivity index (χ4n) is 1.83. The summed E-state index contributed by atoms with van der Waals surface area (Å²) in [5.41, 5.74) is 8.61. The average molecular weight is 261 g/mol. The van der Waals surface area contributed by atoms with Gasteiger partial charge in [0.1, 0.15) is 5.82 Å². The number of aromatic nitrogens is 3. The van der Waals surface area contributed by atoms with Crippen LogP contribution in [0, 0.1) is 6.92 Å². The van der Waals surface area contributed by atoms with Crippen LogP contribution >= 0.6 is 0 Å². The van der Waals surface area contributed by atoms with Crippen LogP contribution in [0.5, 0.6) is 5.88 Å². The second kappa shape index (κ2) is 5.60. The number of nitrogens with zero attached hydrogens (tertiary/aromatic N) is 3. The highest BCUT2D eigenvalue weighted by Gasteiger charge is 2.10. The standard InChI is InChI=1S/C13H19N5O/c1-4-18-13(12(14)9(2)17-18)16-8-10-5-6-11(19-3)15-7-10/h5-7,16H,4,8,14H2,1-3H3. The van der Waals surface area contributed by atoms with Crippen molar-refractivity contribution in [1.82, 2.24) is 14.8 Å². The van der Waals surface area contributed by atoms with Crippen LogP contribution in [-0.2, 0) is 13.1 Å². The molecule has 2 heterocycles. The molecule has 102 valence electrons. The Kier molecular flexibility index (Phi) is 3.89. The molecule has 2 aromatic heterocycles. The van der Waals surface area contributed by atoms with Gasteiger partial charge in [0, 0.05) is 25.4 Å². The number of hydrogen-bond acceptors (Lipinski definition) is 5. The van der Waals surface area contributed by atoms with E-state index in [-0.39, 0.29) is 0 Å². The third-order valence-corrected chi connectivity index (χ3v) is 2.94. The molecular weight excluding hydrogens is 242 g/mol. The molecule has 0 radical (unpaired) electrons. The largest absolute Gasteiger partial charge is 0.481 e. The first-order chi connectivity index (χ1) is 9.15. The minimum absolute atomic E-state index is 0.609. The maximum absolute atomic E-state index is 6.01. The van der Waals surface area contributed by atoms with Gasteiger partial charge in [0.2, 0.25) is 5.88 Å². The van der Waals surface area contributed by atoms with Gasteiger partial charge in [0.15, 0.2) is 0 Å². The van der Waals surface area contributed by atoms with Crippen LogP contribution in [-0.4, -0.2) is 21.9 Å². The number of hydrogen-bond donors (Lipinski definition) is 2. The molecule has 0 bridgehead atoms. The third-order valence-electron chi connectivity index (χ3n) is 2.94. The maximum atomic E-state index is 6.01. The summed E-state index contributed by atoms with van der Waals surface area (Å²) in [4.78, 5) is 4.16. The van der Waals surface area contributed by atoms with Gasteiger partial charge in [0.05, 0.1) is 18.5 Å². The summed E-state index contributed by atoms with van der Waals surface area (Å²) in [7, 11) is 1.60. The molecular formula is C13H19N5O. The van der Waals surface area contributed by atoms with Crippen LogP contribution in [0.2, 0.25) is 0 Å². The average Bonchev–Trinajstić information content (AvgIpc) is 2.72. The molecule has 3 N–H and O–H groups in total. The van der Waals surface area contributed by atoms with Gasteiger partial charge < -0.3 is 15.8 Å². The van der Waals surface area contributed by atoms with E-state index in [0.29, 0.717) is 18.1 Å². The first-order valence-corrected chi connectivity index (χ1v) is 6.21. The molecule has 0 saturated carbocycles. The van der Waals surface area contributed by atoms with Crippen LogP contribution in [0.25, 0.3) is 0 Å². The molecule has 0 atom stereocenters. The maximum Gasteiger partial charge on any atom is 0.212 e. The van der Waals surface area contributed by atoms with Crippen molar-refractivity contribution in [2.45, 2.75) is 26.9 Å². The summed E-state index contributed by atoms with van der Waals surface area (Å²) >= 11 is 0. The van der Waals surface area contributed by atoms with E-state index < -0.39 is 0 Å². The Morgan fingerprint density at radius 2 is 2.21 bits per heavy atom. The zero-order valence-corrected chi connectivity index (χ0v) is 11.5. The number of anilines is 2. The monoisotopic (exact) mass is 261 g/mol. The normalized spacial score (nSPS) is 10.5. The molecule has 0 fully saturated rings. The molecule has 2 aromatic rings. The fourth-order valence-corrected chi connectivity index (χ4v) is 1.83. The Hall–Kier alpha value is -2.24. The van der Waals surface area contributed by atoms with Gasteiger partial charge in [0.25, 0.3) is 0 Å². The first-order valence-electron chi connectivity index (χ1n) is 6.21. The van der Waals surface area contributed by atoms with Crippen molar-refractivity contribution in [3.8, 4) is 5.88 Å². The number of nitrogen functional groups attached to an aromatic ring is 1. The van der Waals surface area contributed by atoms with Gasteiger partial charge in [-0.25, -0.2) is 9.67 Å². The number of nitrogens with two attached hydrogens (primary N) is 1. The molecule has 6 heteroatoms. The van der Waals surface area contributed by atoms with E-state index in [0.717, 1.165) is 23.6 Å². The number of aryl methyl sites for hydroxylation is 2. The van der Waals surface area contributed by atoms with Gasteiger partial charge in [-0.1, -0.05) is 6.07 Å². The Morgan fingerprint density at radius 1 is 1.42 bits per heavy atom. The van der Waals surface area contributed by atoms with Gasteiger partial charge >= 0.3 is 0 Å². The van der Waals surface area contributed by atoms with E-state index in [4.69, 9.17) is 10.5 Å². The predicted molar refractivity (Wildman–Crippen MR) is 75.2 cm³/mol. The van der Waals surface area contributed by atoms with Gasteiger partial charge in [-0.3, -0.25) is 0 Å². The van der Waals surface area contributed by atoms with Crippen molar-refractivity contribution in [2.24, 2.45) is 0 Å². The number of ether oxygens (including phenoxy) is 1.